The van der Waals surface area contributed by atoms with Crippen molar-refractivity contribution in [2.75, 3.05) is 12.0 Å². The fourth-order valence-corrected chi connectivity index (χ4v) is 7.15. The number of aromatic nitrogens is 3. The number of hydrogen-bond donors (Lipinski definition) is 1. The van der Waals surface area contributed by atoms with Crippen LogP contribution >= 0.6 is 0 Å². The second kappa shape index (κ2) is 9.20. The summed E-state index contributed by atoms with van der Waals surface area (Å²) < 4.78 is 9.38. The van der Waals surface area contributed by atoms with E-state index in [9.17, 15) is 24.3 Å². The van der Waals surface area contributed by atoms with E-state index in [2.05, 4.69) is 0 Å². The Bertz CT molecular complexity index is 1900. The minimum atomic E-state index is -1.20. The molecule has 3 aliphatic rings. The molecule has 212 valence electrons. The quantitative estimate of drug-likeness (QED) is 0.300. The summed E-state index contributed by atoms with van der Waals surface area (Å²) in [7, 11) is 1.44. The Balaban J connectivity index is 1.45. The molecular formula is C32H28N4O6. The van der Waals surface area contributed by atoms with Gasteiger partial charge in [0, 0.05) is 5.92 Å². The lowest BCUT2D eigenvalue weighted by Crippen LogP contribution is -2.49. The predicted molar refractivity (Wildman–Crippen MR) is 154 cm³/mol. The molecule has 2 aliphatic heterocycles. The molecule has 1 saturated heterocycles. The van der Waals surface area contributed by atoms with Crippen molar-refractivity contribution < 1.29 is 19.4 Å². The normalized spacial score (nSPS) is 24.6. The number of anilines is 1. The molecule has 10 nitrogen and oxygen atoms in total. The summed E-state index contributed by atoms with van der Waals surface area (Å²) in [5, 5.41) is 10.4. The van der Waals surface area contributed by atoms with Crippen molar-refractivity contribution >= 4 is 17.5 Å². The number of amides is 2. The van der Waals surface area contributed by atoms with E-state index in [1.165, 1.54) is 27.4 Å². The highest BCUT2D eigenvalue weighted by atomic mass is 16.5. The Labute approximate surface area is 240 Å². The summed E-state index contributed by atoms with van der Waals surface area (Å²) >= 11 is 0. The van der Waals surface area contributed by atoms with Crippen LogP contribution < -0.4 is 21.0 Å². The summed E-state index contributed by atoms with van der Waals surface area (Å²) in [5.74, 6) is -1.94. The van der Waals surface area contributed by atoms with Gasteiger partial charge in [0.05, 0.1) is 42.4 Å². The number of para-hydroxylation sites is 2. The number of benzene rings is 3. The van der Waals surface area contributed by atoms with Gasteiger partial charge in [-0.1, -0.05) is 48.5 Å². The van der Waals surface area contributed by atoms with Gasteiger partial charge in [-0.25, -0.2) is 28.4 Å². The largest absolute Gasteiger partial charge is 0.504 e. The van der Waals surface area contributed by atoms with Crippen LogP contribution in [0.2, 0.25) is 0 Å². The molecule has 0 radical (unpaired) electrons. The standard InChI is InChI=1S/C32H28N4O6/c1-32-23(28(38)34(29(32)39)20-9-5-3-6-10-20)18-24-22(27(32)19-13-14-25(37)26(17-19)42-2)15-16-33-30(40)35(31(41)36(24)33)21-11-7-4-8-12-21/h3-15,17,23-24,27,37H,16,18H2,1-2H3/t23-,24+,27-,32+/m0/s1. The number of aromatic hydroxyl groups is 1. The first kappa shape index (κ1) is 25.8. The van der Waals surface area contributed by atoms with Crippen molar-refractivity contribution in [2.24, 2.45) is 11.3 Å². The predicted octanol–water partition coefficient (Wildman–Crippen LogP) is 3.38. The van der Waals surface area contributed by atoms with Gasteiger partial charge in [0.2, 0.25) is 11.8 Å². The molecule has 1 N–H and O–H groups in total. The molecule has 2 fully saturated rings. The molecule has 1 saturated carbocycles. The smallest absolute Gasteiger partial charge is 0.352 e. The van der Waals surface area contributed by atoms with E-state index in [1.54, 1.807) is 60.7 Å². The van der Waals surface area contributed by atoms with Crippen molar-refractivity contribution in [1.29, 1.82) is 0 Å². The van der Waals surface area contributed by atoms with Crippen LogP contribution in [-0.4, -0.2) is 38.0 Å². The molecule has 3 aromatic carbocycles. The van der Waals surface area contributed by atoms with Crippen LogP contribution in [0.15, 0.2) is 100 Å². The third-order valence-corrected chi connectivity index (χ3v) is 9.10. The summed E-state index contributed by atoms with van der Waals surface area (Å²) in [6, 6.07) is 21.8. The third-order valence-electron chi connectivity index (χ3n) is 9.10. The minimum absolute atomic E-state index is 0.0577. The number of carbonyl (C=O) groups excluding carboxylic acids is 2. The van der Waals surface area contributed by atoms with E-state index in [1.807, 2.05) is 25.1 Å². The first-order valence-electron chi connectivity index (χ1n) is 13.8. The zero-order valence-electron chi connectivity index (χ0n) is 23.0. The molecule has 7 rings (SSSR count). The molecule has 0 bridgehead atoms. The lowest BCUT2D eigenvalue weighted by molar-refractivity contribution is -0.129. The molecule has 3 heterocycles. The number of methoxy groups -OCH3 is 1. The van der Waals surface area contributed by atoms with Crippen molar-refractivity contribution in [1.82, 2.24) is 13.9 Å². The lowest BCUT2D eigenvalue weighted by Gasteiger charge is -2.47. The van der Waals surface area contributed by atoms with Gasteiger partial charge >= 0.3 is 11.4 Å². The van der Waals surface area contributed by atoms with E-state index >= 15 is 0 Å². The molecule has 0 unspecified atom stereocenters. The number of hydrogen-bond acceptors (Lipinski definition) is 6. The topological polar surface area (TPSA) is 116 Å². The summed E-state index contributed by atoms with van der Waals surface area (Å²) in [5.41, 5.74) is 0.172. The van der Waals surface area contributed by atoms with Gasteiger partial charge in [-0.3, -0.25) is 9.59 Å². The number of fused-ring (bicyclic) bond motifs is 4. The van der Waals surface area contributed by atoms with Gasteiger partial charge in [-0.05, 0) is 60.9 Å². The van der Waals surface area contributed by atoms with Crippen LogP contribution in [0, 0.1) is 11.3 Å². The number of allylic oxidation sites excluding steroid dienone is 2. The maximum Gasteiger partial charge on any atom is 0.352 e. The summed E-state index contributed by atoms with van der Waals surface area (Å²) in [6.07, 6.45) is 2.06. The maximum atomic E-state index is 14.4. The number of phenols is 1. The van der Waals surface area contributed by atoms with Gasteiger partial charge in [0.15, 0.2) is 11.5 Å². The van der Waals surface area contributed by atoms with E-state index in [0.29, 0.717) is 16.9 Å². The third kappa shape index (κ3) is 3.38. The van der Waals surface area contributed by atoms with Crippen LogP contribution in [0.3, 0.4) is 0 Å². The maximum absolute atomic E-state index is 14.4. The number of nitrogens with zero attached hydrogens (tertiary/aromatic N) is 4. The van der Waals surface area contributed by atoms with E-state index in [0.717, 1.165) is 10.1 Å². The second-order valence-corrected chi connectivity index (χ2v) is 11.1. The molecule has 2 amide bonds. The van der Waals surface area contributed by atoms with Gasteiger partial charge < -0.3 is 9.84 Å². The Morgan fingerprint density at radius 3 is 2.21 bits per heavy atom. The Hall–Kier alpha value is -5.12. The van der Waals surface area contributed by atoms with Crippen molar-refractivity contribution in [3.05, 3.63) is 117 Å². The first-order chi connectivity index (χ1) is 20.3. The Morgan fingerprint density at radius 2 is 1.55 bits per heavy atom. The Kier molecular flexibility index (Phi) is 5.66. The number of carbonyl (C=O) groups is 2. The average Bonchev–Trinajstić information content (AvgIpc) is 3.38. The number of imide groups is 1. The minimum Gasteiger partial charge on any atom is -0.504 e. The zero-order chi connectivity index (χ0) is 29.3. The lowest BCUT2D eigenvalue weighted by atomic mass is 9.56. The highest BCUT2D eigenvalue weighted by molar-refractivity contribution is 6.24. The summed E-state index contributed by atoms with van der Waals surface area (Å²) in [6.45, 7) is 1.93. The van der Waals surface area contributed by atoms with Crippen LogP contribution in [0.25, 0.3) is 5.69 Å². The van der Waals surface area contributed by atoms with Crippen LogP contribution in [0.4, 0.5) is 5.69 Å². The molecular weight excluding hydrogens is 536 g/mol. The number of phenolic OH excluding ortho intramolecular Hbond substituents is 1. The molecule has 1 aromatic heterocycles. The monoisotopic (exact) mass is 564 g/mol. The number of ether oxygens (including phenoxy) is 1. The van der Waals surface area contributed by atoms with Gasteiger partial charge in [-0.15, -0.1) is 0 Å². The van der Waals surface area contributed by atoms with Crippen molar-refractivity contribution in [3.63, 3.8) is 0 Å². The highest BCUT2D eigenvalue weighted by Crippen LogP contribution is 2.61. The molecule has 1 aliphatic carbocycles. The molecule has 42 heavy (non-hydrogen) atoms. The van der Waals surface area contributed by atoms with Crippen LogP contribution in [0.5, 0.6) is 11.5 Å². The second-order valence-electron chi connectivity index (χ2n) is 11.1. The fourth-order valence-electron chi connectivity index (χ4n) is 7.15. The highest BCUT2D eigenvalue weighted by Gasteiger charge is 2.65. The van der Waals surface area contributed by atoms with Crippen LogP contribution in [-0.2, 0) is 16.1 Å². The Morgan fingerprint density at radius 1 is 0.881 bits per heavy atom. The van der Waals surface area contributed by atoms with Gasteiger partial charge in [-0.2, -0.15) is 0 Å². The zero-order valence-corrected chi connectivity index (χ0v) is 23.0. The van der Waals surface area contributed by atoms with E-state index < -0.39 is 34.7 Å². The van der Waals surface area contributed by atoms with Crippen LogP contribution in [0.1, 0.15) is 30.9 Å². The van der Waals surface area contributed by atoms with Gasteiger partial charge in [0.1, 0.15) is 0 Å². The number of rotatable bonds is 4. The van der Waals surface area contributed by atoms with Gasteiger partial charge in [0.25, 0.3) is 0 Å². The van der Waals surface area contributed by atoms with Crippen molar-refractivity contribution in [2.45, 2.75) is 31.8 Å². The SMILES string of the molecule is COc1cc([C@H]2C3=CCn4c(=O)n(-c5ccccc5)c(=O)n4[C@@H]3C[C@H]3C(=O)N(c4ccccc4)C(=O)[C@@]23C)ccc1O. The van der Waals surface area contributed by atoms with Crippen molar-refractivity contribution in [3.8, 4) is 17.2 Å². The van der Waals surface area contributed by atoms with E-state index in [4.69, 9.17) is 4.74 Å². The summed E-state index contributed by atoms with van der Waals surface area (Å²) in [4.78, 5) is 57.2. The fraction of sp³-hybridized carbons (Fsp3) is 0.250. The molecule has 4 atom stereocenters. The van der Waals surface area contributed by atoms with E-state index in [-0.39, 0.29) is 36.3 Å². The molecule has 0 spiro atoms. The average molecular weight is 565 g/mol. The molecule has 4 aromatic rings. The molecule has 10 heteroatoms. The first-order valence-corrected chi connectivity index (χ1v) is 13.8.